The number of hydrogen-bond donors (Lipinski definition) is 2. The Hall–Kier alpha value is -1.83. The van der Waals surface area contributed by atoms with Crippen LogP contribution in [0.5, 0.6) is 0 Å². The second-order valence-corrected chi connectivity index (χ2v) is 7.45. The van der Waals surface area contributed by atoms with Crippen LogP contribution in [0.3, 0.4) is 0 Å². The van der Waals surface area contributed by atoms with Gasteiger partial charge in [0.15, 0.2) is 0 Å². The summed E-state index contributed by atoms with van der Waals surface area (Å²) in [5.74, 6) is -0.100. The number of carbonyl (C=O) groups excluding carboxylic acids is 2. The fourth-order valence-corrected chi connectivity index (χ4v) is 3.78. The van der Waals surface area contributed by atoms with Crippen LogP contribution in [0.4, 0.5) is 4.79 Å². The Morgan fingerprint density at radius 2 is 1.75 bits per heavy atom. The average Bonchev–Trinajstić information content (AvgIpc) is 2.95. The lowest BCUT2D eigenvalue weighted by Crippen LogP contribution is -2.46. The highest BCUT2D eigenvalue weighted by atomic mass is 35.5. The molecule has 156 valence electrons. The molecule has 1 saturated carbocycles. The molecule has 1 aromatic carbocycles. The molecule has 2 fully saturated rings. The minimum atomic E-state index is -0.607. The molecule has 0 radical (unpaired) electrons. The summed E-state index contributed by atoms with van der Waals surface area (Å²) in [7, 11) is 0. The van der Waals surface area contributed by atoms with Crippen molar-refractivity contribution in [2.45, 2.75) is 44.4 Å². The monoisotopic (exact) mass is 411 g/mol. The highest BCUT2D eigenvalue weighted by Crippen LogP contribution is 2.26. The number of benzene rings is 1. The van der Waals surface area contributed by atoms with Gasteiger partial charge in [0.2, 0.25) is 5.91 Å². The zero-order chi connectivity index (χ0) is 19.2. The summed E-state index contributed by atoms with van der Waals surface area (Å²) < 4.78 is 5.40. The van der Waals surface area contributed by atoms with Crippen molar-refractivity contribution in [1.82, 2.24) is 9.80 Å². The second-order valence-electron chi connectivity index (χ2n) is 7.45. The molecular formula is C20H30ClN3O4. The number of nitrogens with zero attached hydrogens (tertiary/aromatic N) is 2. The molecule has 3 rings (SSSR count). The number of ether oxygens (including phenoxy) is 1. The molecule has 0 bridgehead atoms. The molecule has 3 atom stereocenters. The molecular weight excluding hydrogens is 382 g/mol. The van der Waals surface area contributed by atoms with Crippen LogP contribution in [-0.2, 0) is 16.1 Å². The summed E-state index contributed by atoms with van der Waals surface area (Å²) in [6.45, 7) is 2.42. The van der Waals surface area contributed by atoms with E-state index in [1.165, 1.54) is 0 Å². The molecule has 0 spiro atoms. The first-order valence-corrected chi connectivity index (χ1v) is 9.72. The Balaban J connectivity index is 0.00000280. The number of hydrogen-bond acceptors (Lipinski definition) is 5. The van der Waals surface area contributed by atoms with E-state index in [9.17, 15) is 14.7 Å². The largest absolute Gasteiger partial charge is 0.445 e. The van der Waals surface area contributed by atoms with E-state index in [1.807, 2.05) is 35.2 Å². The third kappa shape index (κ3) is 5.83. The predicted octanol–water partition coefficient (Wildman–Crippen LogP) is 1.77. The van der Waals surface area contributed by atoms with Gasteiger partial charge < -0.3 is 25.4 Å². The van der Waals surface area contributed by atoms with Gasteiger partial charge in [0.1, 0.15) is 6.61 Å². The van der Waals surface area contributed by atoms with Crippen molar-refractivity contribution in [2.24, 2.45) is 11.7 Å². The summed E-state index contributed by atoms with van der Waals surface area (Å²) in [5.41, 5.74) is 6.78. The zero-order valence-electron chi connectivity index (χ0n) is 16.0. The average molecular weight is 412 g/mol. The fourth-order valence-electron chi connectivity index (χ4n) is 3.78. The third-order valence-corrected chi connectivity index (χ3v) is 5.49. The molecule has 2 amide bonds. The van der Waals surface area contributed by atoms with E-state index in [1.54, 1.807) is 4.90 Å². The number of rotatable bonds is 3. The van der Waals surface area contributed by atoms with Crippen molar-refractivity contribution >= 4 is 24.4 Å². The van der Waals surface area contributed by atoms with E-state index in [-0.39, 0.29) is 43.0 Å². The number of halogens is 1. The molecule has 1 aromatic rings. The summed E-state index contributed by atoms with van der Waals surface area (Å²) in [5, 5.41) is 9.95. The lowest BCUT2D eigenvalue weighted by atomic mass is 9.83. The Kier molecular flexibility index (Phi) is 8.54. The highest BCUT2D eigenvalue weighted by Gasteiger charge is 2.34. The van der Waals surface area contributed by atoms with E-state index in [2.05, 4.69) is 0 Å². The molecule has 7 nitrogen and oxygen atoms in total. The van der Waals surface area contributed by atoms with Gasteiger partial charge in [-0.1, -0.05) is 30.3 Å². The van der Waals surface area contributed by atoms with Crippen molar-refractivity contribution < 1.29 is 19.4 Å². The van der Waals surface area contributed by atoms with Gasteiger partial charge >= 0.3 is 6.09 Å². The smallest absolute Gasteiger partial charge is 0.410 e. The van der Waals surface area contributed by atoms with Gasteiger partial charge in [-0.2, -0.15) is 0 Å². The van der Waals surface area contributed by atoms with Crippen molar-refractivity contribution in [2.75, 3.05) is 26.2 Å². The van der Waals surface area contributed by atoms with Gasteiger partial charge in [-0.3, -0.25) is 4.79 Å². The Bertz CT molecular complexity index is 646. The molecule has 1 heterocycles. The Morgan fingerprint density at radius 3 is 2.46 bits per heavy atom. The standard InChI is InChI=1S/C20H29N3O4.ClH/c21-17-8-7-16(13-18(17)24)19(25)22-9-4-10-23(12-11-22)20(26)27-14-15-5-2-1-3-6-15;/h1-3,5-6,16-18,24H,4,7-14,21H2;1H/t16-,17+,18+;/m0./s1. The van der Waals surface area contributed by atoms with E-state index in [0.29, 0.717) is 39.0 Å². The minimum Gasteiger partial charge on any atom is -0.445 e. The van der Waals surface area contributed by atoms with Crippen LogP contribution >= 0.6 is 12.4 Å². The predicted molar refractivity (Wildman–Crippen MR) is 108 cm³/mol. The number of aliphatic hydroxyl groups excluding tert-OH is 1. The van der Waals surface area contributed by atoms with E-state index >= 15 is 0 Å². The van der Waals surface area contributed by atoms with Gasteiger partial charge in [-0.05, 0) is 31.2 Å². The van der Waals surface area contributed by atoms with Crippen molar-refractivity contribution in [3.8, 4) is 0 Å². The van der Waals surface area contributed by atoms with Crippen LogP contribution in [0.2, 0.25) is 0 Å². The summed E-state index contributed by atoms with van der Waals surface area (Å²) in [4.78, 5) is 28.6. The van der Waals surface area contributed by atoms with E-state index < -0.39 is 6.10 Å². The summed E-state index contributed by atoms with van der Waals surface area (Å²) in [6.07, 6.45) is 1.59. The minimum absolute atomic E-state index is 0. The first-order chi connectivity index (χ1) is 13.0. The summed E-state index contributed by atoms with van der Waals surface area (Å²) >= 11 is 0. The highest BCUT2D eigenvalue weighted by molar-refractivity contribution is 5.85. The molecule has 3 N–H and O–H groups in total. The normalized spacial score (nSPS) is 25.4. The molecule has 1 aliphatic carbocycles. The molecule has 1 aliphatic heterocycles. The van der Waals surface area contributed by atoms with Gasteiger partial charge in [-0.15, -0.1) is 12.4 Å². The number of amides is 2. The van der Waals surface area contributed by atoms with Crippen LogP contribution in [-0.4, -0.2) is 65.2 Å². The maximum absolute atomic E-state index is 12.8. The van der Waals surface area contributed by atoms with Crippen LogP contribution in [0.1, 0.15) is 31.2 Å². The van der Waals surface area contributed by atoms with Gasteiger partial charge in [0, 0.05) is 38.1 Å². The van der Waals surface area contributed by atoms with Crippen molar-refractivity contribution in [1.29, 1.82) is 0 Å². The molecule has 2 aliphatic rings. The first kappa shape index (κ1) is 22.5. The fraction of sp³-hybridized carbons (Fsp3) is 0.600. The second kappa shape index (κ2) is 10.6. The number of aliphatic hydroxyl groups is 1. The van der Waals surface area contributed by atoms with Crippen molar-refractivity contribution in [3.05, 3.63) is 35.9 Å². The van der Waals surface area contributed by atoms with Gasteiger partial charge in [-0.25, -0.2) is 4.79 Å². The lowest BCUT2D eigenvalue weighted by Gasteiger charge is -2.33. The van der Waals surface area contributed by atoms with Crippen LogP contribution in [0.15, 0.2) is 30.3 Å². The zero-order valence-corrected chi connectivity index (χ0v) is 16.9. The SMILES string of the molecule is Cl.N[C@@H]1CC[C@H](C(=O)N2CCCN(C(=O)OCc3ccccc3)CC2)C[C@H]1O. The first-order valence-electron chi connectivity index (χ1n) is 9.72. The van der Waals surface area contributed by atoms with Crippen LogP contribution in [0.25, 0.3) is 0 Å². The van der Waals surface area contributed by atoms with E-state index in [4.69, 9.17) is 10.5 Å². The molecule has 1 saturated heterocycles. The molecule has 0 unspecified atom stereocenters. The van der Waals surface area contributed by atoms with Crippen LogP contribution in [0, 0.1) is 5.92 Å². The van der Waals surface area contributed by atoms with Crippen LogP contribution < -0.4 is 5.73 Å². The number of nitrogens with two attached hydrogens (primary N) is 1. The van der Waals surface area contributed by atoms with E-state index in [0.717, 1.165) is 18.4 Å². The van der Waals surface area contributed by atoms with Crippen molar-refractivity contribution in [3.63, 3.8) is 0 Å². The third-order valence-electron chi connectivity index (χ3n) is 5.49. The quantitative estimate of drug-likeness (QED) is 0.790. The Labute approximate surface area is 172 Å². The summed E-state index contributed by atoms with van der Waals surface area (Å²) in [6, 6.07) is 9.35. The van der Waals surface area contributed by atoms with Gasteiger partial charge in [0.05, 0.1) is 6.10 Å². The topological polar surface area (TPSA) is 96.1 Å². The van der Waals surface area contributed by atoms with Gasteiger partial charge in [0.25, 0.3) is 0 Å². The molecule has 8 heteroatoms. The molecule has 0 aromatic heterocycles. The maximum atomic E-state index is 12.8. The molecule has 28 heavy (non-hydrogen) atoms. The maximum Gasteiger partial charge on any atom is 0.410 e. The number of carbonyl (C=O) groups is 2. The lowest BCUT2D eigenvalue weighted by molar-refractivity contribution is -0.138. The Morgan fingerprint density at radius 1 is 1.07 bits per heavy atom.